The Bertz CT molecular complexity index is 657. The van der Waals surface area contributed by atoms with Crippen molar-refractivity contribution >= 4 is 18.0 Å². The first-order valence-corrected chi connectivity index (χ1v) is 9.10. The molecule has 0 spiro atoms. The van der Waals surface area contributed by atoms with Crippen molar-refractivity contribution in [2.45, 2.75) is 11.2 Å². The van der Waals surface area contributed by atoms with E-state index in [1.54, 1.807) is 0 Å². The highest BCUT2D eigenvalue weighted by Gasteiger charge is 2.36. The van der Waals surface area contributed by atoms with Crippen LogP contribution in [0.25, 0.3) is 0 Å². The molecular weight excluding hydrogens is 312 g/mol. The molecule has 1 nitrogen and oxygen atoms in total. The zero-order valence-electron chi connectivity index (χ0n) is 13.5. The summed E-state index contributed by atoms with van der Waals surface area (Å²) in [7, 11) is 0. The van der Waals surface area contributed by atoms with E-state index in [2.05, 4.69) is 72.8 Å². The smallest absolute Gasteiger partial charge is 0.120 e. The normalized spacial score (nSPS) is 11.2. The van der Waals surface area contributed by atoms with Crippen LogP contribution in [0.4, 0.5) is 0 Å². The summed E-state index contributed by atoms with van der Waals surface area (Å²) >= 11 is 1.82. The summed E-state index contributed by atoms with van der Waals surface area (Å²) in [6.07, 6.45) is 1.55. The van der Waals surface area contributed by atoms with Crippen LogP contribution in [0, 0.1) is 0 Å². The minimum Gasteiger partial charge on any atom is -0.303 e. The molecule has 0 saturated heterocycles. The molecule has 0 fully saturated rings. The molecule has 0 aliphatic carbocycles. The number of carbonyl (C=O) groups excluding carboxylic acids is 1. The standard InChI is InChI=1S/C22H20OS/c23-17-10-18-24-22(19-11-4-1-5-12-19,20-13-6-2-7-14-20)21-15-8-3-9-16-21/h1-9,11-17H,10,18H2. The van der Waals surface area contributed by atoms with Crippen molar-refractivity contribution in [3.05, 3.63) is 108 Å². The molecule has 0 aromatic heterocycles. The molecule has 3 aromatic carbocycles. The third kappa shape index (κ3) is 3.29. The fourth-order valence-electron chi connectivity index (χ4n) is 3.03. The topological polar surface area (TPSA) is 17.1 Å². The second-order valence-electron chi connectivity index (χ2n) is 5.58. The number of carbonyl (C=O) groups is 1. The van der Waals surface area contributed by atoms with Crippen LogP contribution >= 0.6 is 11.8 Å². The Morgan fingerprint density at radius 1 is 0.667 bits per heavy atom. The van der Waals surface area contributed by atoms with E-state index in [9.17, 15) is 4.79 Å². The van der Waals surface area contributed by atoms with Crippen molar-refractivity contribution in [3.8, 4) is 0 Å². The van der Waals surface area contributed by atoms with E-state index in [1.807, 2.05) is 30.0 Å². The van der Waals surface area contributed by atoms with Crippen LogP contribution in [0.15, 0.2) is 91.0 Å². The first kappa shape index (κ1) is 16.5. The van der Waals surface area contributed by atoms with Crippen LogP contribution in [-0.2, 0) is 9.54 Å². The van der Waals surface area contributed by atoms with E-state index < -0.39 is 0 Å². The molecule has 0 saturated carbocycles. The average molecular weight is 332 g/mol. The highest BCUT2D eigenvalue weighted by molar-refractivity contribution is 8.00. The van der Waals surface area contributed by atoms with Crippen LogP contribution in [0.1, 0.15) is 23.1 Å². The predicted molar refractivity (Wildman–Crippen MR) is 102 cm³/mol. The average Bonchev–Trinajstić information content (AvgIpc) is 2.68. The van der Waals surface area contributed by atoms with E-state index in [0.29, 0.717) is 6.42 Å². The number of rotatable bonds is 7. The SMILES string of the molecule is O=CCCSC(c1ccccc1)(c1ccccc1)c1ccccc1. The van der Waals surface area contributed by atoms with Crippen molar-refractivity contribution in [2.24, 2.45) is 0 Å². The molecule has 0 bridgehead atoms. The van der Waals surface area contributed by atoms with E-state index in [0.717, 1.165) is 12.0 Å². The van der Waals surface area contributed by atoms with Crippen molar-refractivity contribution in [2.75, 3.05) is 5.75 Å². The summed E-state index contributed by atoms with van der Waals surface area (Å²) in [4.78, 5) is 10.9. The molecule has 0 atom stereocenters. The molecule has 0 N–H and O–H groups in total. The molecule has 0 radical (unpaired) electrons. The molecule has 0 unspecified atom stereocenters. The Labute approximate surface area is 147 Å². The van der Waals surface area contributed by atoms with Gasteiger partial charge in [0.05, 0.1) is 4.75 Å². The van der Waals surface area contributed by atoms with E-state index in [-0.39, 0.29) is 4.75 Å². The van der Waals surface area contributed by atoms with Gasteiger partial charge in [0.25, 0.3) is 0 Å². The largest absolute Gasteiger partial charge is 0.303 e. The van der Waals surface area contributed by atoms with Gasteiger partial charge in [-0.1, -0.05) is 91.0 Å². The number of hydrogen-bond acceptors (Lipinski definition) is 2. The third-order valence-corrected chi connectivity index (χ3v) is 5.68. The zero-order valence-corrected chi connectivity index (χ0v) is 14.3. The fraction of sp³-hybridized carbons (Fsp3) is 0.136. The van der Waals surface area contributed by atoms with Gasteiger partial charge in [0.15, 0.2) is 0 Å². The molecule has 3 aromatic rings. The Balaban J connectivity index is 2.22. The van der Waals surface area contributed by atoms with Crippen LogP contribution in [0.3, 0.4) is 0 Å². The number of thioether (sulfide) groups is 1. The number of hydrogen-bond donors (Lipinski definition) is 0. The van der Waals surface area contributed by atoms with Crippen molar-refractivity contribution < 1.29 is 4.79 Å². The molecule has 3 rings (SSSR count). The van der Waals surface area contributed by atoms with E-state index in [1.165, 1.54) is 16.7 Å². The lowest BCUT2D eigenvalue weighted by molar-refractivity contribution is -0.107. The van der Waals surface area contributed by atoms with Gasteiger partial charge in [-0.25, -0.2) is 0 Å². The Morgan fingerprint density at radius 3 is 1.38 bits per heavy atom. The molecule has 0 aliphatic rings. The maximum Gasteiger partial charge on any atom is 0.120 e. The Morgan fingerprint density at radius 2 is 1.04 bits per heavy atom. The first-order chi connectivity index (χ1) is 11.9. The minimum atomic E-state index is -0.313. The summed E-state index contributed by atoms with van der Waals surface area (Å²) in [5.74, 6) is 0.780. The van der Waals surface area contributed by atoms with Gasteiger partial charge >= 0.3 is 0 Å². The van der Waals surface area contributed by atoms with Gasteiger partial charge in [0.2, 0.25) is 0 Å². The maximum atomic E-state index is 10.9. The summed E-state index contributed by atoms with van der Waals surface area (Å²) in [5.41, 5.74) is 3.70. The highest BCUT2D eigenvalue weighted by Crippen LogP contribution is 2.48. The highest BCUT2D eigenvalue weighted by atomic mass is 32.2. The lowest BCUT2D eigenvalue weighted by atomic mass is 9.84. The molecule has 0 amide bonds. The summed E-state index contributed by atoms with van der Waals surface area (Å²) in [5, 5.41) is 0. The van der Waals surface area contributed by atoms with E-state index >= 15 is 0 Å². The predicted octanol–water partition coefficient (Wildman–Crippen LogP) is 5.30. The zero-order chi connectivity index (χ0) is 16.7. The third-order valence-electron chi connectivity index (χ3n) is 4.10. The van der Waals surface area contributed by atoms with Gasteiger partial charge in [-0.15, -0.1) is 11.8 Å². The summed E-state index contributed by atoms with van der Waals surface area (Å²) in [6.45, 7) is 0. The van der Waals surface area contributed by atoms with Crippen molar-refractivity contribution in [1.29, 1.82) is 0 Å². The number of benzene rings is 3. The summed E-state index contributed by atoms with van der Waals surface area (Å²) in [6, 6.07) is 31.7. The van der Waals surface area contributed by atoms with Crippen molar-refractivity contribution in [3.63, 3.8) is 0 Å². The quantitative estimate of drug-likeness (QED) is 0.332. The maximum absolute atomic E-state index is 10.9. The Hall–Kier alpha value is -2.32. The lowest BCUT2D eigenvalue weighted by Gasteiger charge is -2.35. The van der Waals surface area contributed by atoms with Crippen molar-refractivity contribution in [1.82, 2.24) is 0 Å². The molecule has 2 heteroatoms. The molecule has 24 heavy (non-hydrogen) atoms. The first-order valence-electron chi connectivity index (χ1n) is 8.12. The monoisotopic (exact) mass is 332 g/mol. The second kappa shape index (κ2) is 7.98. The van der Waals surface area contributed by atoms with Crippen LogP contribution < -0.4 is 0 Å². The molecule has 0 aliphatic heterocycles. The van der Waals surface area contributed by atoms with Gasteiger partial charge in [-0.05, 0) is 16.7 Å². The lowest BCUT2D eigenvalue weighted by Crippen LogP contribution is -2.26. The fourth-order valence-corrected chi connectivity index (χ4v) is 4.46. The second-order valence-corrected chi connectivity index (χ2v) is 6.89. The molecule has 120 valence electrons. The van der Waals surface area contributed by atoms with Crippen LogP contribution in [0.2, 0.25) is 0 Å². The van der Waals surface area contributed by atoms with Gasteiger partial charge in [-0.3, -0.25) is 0 Å². The van der Waals surface area contributed by atoms with Gasteiger partial charge in [-0.2, -0.15) is 0 Å². The number of aldehydes is 1. The minimum absolute atomic E-state index is 0.313. The van der Waals surface area contributed by atoms with E-state index in [4.69, 9.17) is 0 Å². The Kier molecular flexibility index (Phi) is 5.50. The van der Waals surface area contributed by atoms with Gasteiger partial charge < -0.3 is 4.79 Å². The molecular formula is C22H20OS. The van der Waals surface area contributed by atoms with Gasteiger partial charge in [0, 0.05) is 12.2 Å². The van der Waals surface area contributed by atoms with Crippen LogP contribution in [0.5, 0.6) is 0 Å². The van der Waals surface area contributed by atoms with Gasteiger partial charge in [0.1, 0.15) is 6.29 Å². The summed E-state index contributed by atoms with van der Waals surface area (Å²) < 4.78 is -0.313. The molecule has 0 heterocycles. The van der Waals surface area contributed by atoms with Crippen LogP contribution in [-0.4, -0.2) is 12.0 Å².